The van der Waals surface area contributed by atoms with Crippen molar-refractivity contribution in [3.63, 3.8) is 0 Å². The molecule has 0 N–H and O–H groups in total. The molecule has 3 heteroatoms. The quantitative estimate of drug-likeness (QED) is 0.304. The highest BCUT2D eigenvalue weighted by molar-refractivity contribution is 4.70. The number of quaternary nitrogens is 1. The molecule has 1 heterocycles. The molecular formula is C12H24ClNO. The number of likely N-dealkylation sites (N-methyl/N-ethyl adjacent to an activating group) is 1. The lowest BCUT2D eigenvalue weighted by Crippen LogP contribution is -3.00. The third-order valence-corrected chi connectivity index (χ3v) is 3.01. The molecule has 0 aliphatic carbocycles. The second-order valence-electron chi connectivity index (χ2n) is 4.64. The molecule has 1 rings (SSSR count). The number of ether oxygens (including phenoxy) is 1. The van der Waals surface area contributed by atoms with Crippen LogP contribution in [0.4, 0.5) is 0 Å². The van der Waals surface area contributed by atoms with Crippen LogP contribution in [0.1, 0.15) is 26.2 Å². The Bertz CT molecular complexity index is 182. The minimum Gasteiger partial charge on any atom is -1.00 e. The molecule has 0 saturated carbocycles. The van der Waals surface area contributed by atoms with E-state index in [-0.39, 0.29) is 12.4 Å². The van der Waals surface area contributed by atoms with Gasteiger partial charge in [-0.05, 0) is 12.5 Å². The van der Waals surface area contributed by atoms with Gasteiger partial charge in [-0.25, -0.2) is 0 Å². The number of nitrogens with zero attached hydrogens (tertiary/aromatic N) is 1. The molecule has 2 atom stereocenters. The van der Waals surface area contributed by atoms with Crippen LogP contribution >= 0.6 is 0 Å². The summed E-state index contributed by atoms with van der Waals surface area (Å²) in [5, 5.41) is 0. The van der Waals surface area contributed by atoms with Crippen molar-refractivity contribution in [2.75, 3.05) is 33.3 Å². The van der Waals surface area contributed by atoms with Crippen molar-refractivity contribution >= 4 is 0 Å². The molecule has 0 spiro atoms. The Morgan fingerprint density at radius 2 is 2.13 bits per heavy atom. The molecule has 0 bridgehead atoms. The summed E-state index contributed by atoms with van der Waals surface area (Å²) in [4.78, 5) is 0. The number of epoxide rings is 1. The van der Waals surface area contributed by atoms with E-state index in [0.717, 1.165) is 17.6 Å². The predicted octanol–water partition coefficient (Wildman–Crippen LogP) is -0.788. The fraction of sp³-hybridized carbons (Fsp3) is 0.833. The average Bonchev–Trinajstić information content (AvgIpc) is 2.96. The third kappa shape index (κ3) is 6.18. The van der Waals surface area contributed by atoms with E-state index in [9.17, 15) is 0 Å². The average molecular weight is 234 g/mol. The van der Waals surface area contributed by atoms with Gasteiger partial charge in [-0.3, -0.25) is 0 Å². The van der Waals surface area contributed by atoms with E-state index in [1.807, 2.05) is 6.08 Å². The maximum Gasteiger partial charge on any atom is 0.0969 e. The van der Waals surface area contributed by atoms with Gasteiger partial charge < -0.3 is 21.6 Å². The summed E-state index contributed by atoms with van der Waals surface area (Å²) in [5.41, 5.74) is 0. The zero-order valence-electron chi connectivity index (χ0n) is 10.0. The highest BCUT2D eigenvalue weighted by Crippen LogP contribution is 2.17. The molecule has 1 fully saturated rings. The van der Waals surface area contributed by atoms with E-state index in [1.54, 1.807) is 0 Å². The van der Waals surface area contributed by atoms with E-state index in [1.165, 1.54) is 32.4 Å². The van der Waals surface area contributed by atoms with Crippen LogP contribution in [0.25, 0.3) is 0 Å². The minimum atomic E-state index is 0. The second-order valence-corrected chi connectivity index (χ2v) is 4.64. The fourth-order valence-corrected chi connectivity index (χ4v) is 1.84. The molecule has 0 aromatic rings. The van der Waals surface area contributed by atoms with Crippen molar-refractivity contribution in [2.45, 2.75) is 32.3 Å². The summed E-state index contributed by atoms with van der Waals surface area (Å²) >= 11 is 0. The van der Waals surface area contributed by atoms with Crippen LogP contribution in [0, 0.1) is 0 Å². The highest BCUT2D eigenvalue weighted by Gasteiger charge is 2.27. The fourth-order valence-electron chi connectivity index (χ4n) is 1.84. The van der Waals surface area contributed by atoms with Crippen LogP contribution in [-0.2, 0) is 4.74 Å². The molecular weight excluding hydrogens is 210 g/mol. The van der Waals surface area contributed by atoms with Gasteiger partial charge >= 0.3 is 0 Å². The predicted molar refractivity (Wildman–Crippen MR) is 60.2 cm³/mol. The Hall–Kier alpha value is -0.0500. The first-order valence-electron chi connectivity index (χ1n) is 5.76. The molecule has 1 saturated heterocycles. The van der Waals surface area contributed by atoms with E-state index < -0.39 is 0 Å². The van der Waals surface area contributed by atoms with Crippen molar-refractivity contribution in [2.24, 2.45) is 0 Å². The van der Waals surface area contributed by atoms with E-state index in [4.69, 9.17) is 4.74 Å². The maximum atomic E-state index is 5.25. The molecule has 1 aliphatic heterocycles. The first-order chi connectivity index (χ1) is 6.70. The van der Waals surface area contributed by atoms with Crippen LogP contribution in [0.3, 0.4) is 0 Å². The standard InChI is InChI=1S/C12H24NO.ClH/c1-4-6-9-13(3,8-5-2)10-7-12-11-14-12;/h5,12H,2,4,6-11H2,1,3H3;1H/q+1;/p-1. The topological polar surface area (TPSA) is 12.5 Å². The van der Waals surface area contributed by atoms with Crippen LogP contribution in [-0.4, -0.2) is 43.9 Å². The van der Waals surface area contributed by atoms with Crippen molar-refractivity contribution in [1.82, 2.24) is 0 Å². The molecule has 2 nitrogen and oxygen atoms in total. The van der Waals surface area contributed by atoms with Gasteiger partial charge in [0.05, 0.1) is 39.4 Å². The molecule has 2 unspecified atom stereocenters. The van der Waals surface area contributed by atoms with Gasteiger partial charge in [0.2, 0.25) is 0 Å². The molecule has 0 aromatic heterocycles. The van der Waals surface area contributed by atoms with Crippen molar-refractivity contribution in [3.05, 3.63) is 12.7 Å². The summed E-state index contributed by atoms with van der Waals surface area (Å²) in [6.45, 7) is 10.7. The number of hydrogen-bond acceptors (Lipinski definition) is 1. The zero-order valence-corrected chi connectivity index (χ0v) is 10.8. The largest absolute Gasteiger partial charge is 1.00 e. The van der Waals surface area contributed by atoms with Gasteiger partial charge in [-0.1, -0.05) is 19.9 Å². The summed E-state index contributed by atoms with van der Waals surface area (Å²) in [5.74, 6) is 0. The van der Waals surface area contributed by atoms with Crippen LogP contribution in [0.15, 0.2) is 12.7 Å². The Morgan fingerprint density at radius 1 is 1.47 bits per heavy atom. The molecule has 0 amide bonds. The van der Waals surface area contributed by atoms with Gasteiger partial charge in [-0.15, -0.1) is 0 Å². The molecule has 1 aliphatic rings. The summed E-state index contributed by atoms with van der Waals surface area (Å²) in [7, 11) is 2.33. The number of unbranched alkanes of at least 4 members (excludes halogenated alkanes) is 1. The van der Waals surface area contributed by atoms with Crippen LogP contribution < -0.4 is 12.4 Å². The number of halogens is 1. The zero-order chi connectivity index (χ0) is 10.4. The first-order valence-corrected chi connectivity index (χ1v) is 5.76. The van der Waals surface area contributed by atoms with Gasteiger partial charge in [0.25, 0.3) is 0 Å². The lowest BCUT2D eigenvalue weighted by atomic mass is 10.2. The summed E-state index contributed by atoms with van der Waals surface area (Å²) < 4.78 is 6.39. The van der Waals surface area contributed by atoms with Crippen molar-refractivity contribution in [1.29, 1.82) is 0 Å². The molecule has 15 heavy (non-hydrogen) atoms. The Balaban J connectivity index is 0.00000196. The normalized spacial score (nSPS) is 22.7. The Morgan fingerprint density at radius 3 is 2.60 bits per heavy atom. The molecule has 0 aromatic carbocycles. The molecule has 90 valence electrons. The van der Waals surface area contributed by atoms with Gasteiger partial charge in [0.15, 0.2) is 0 Å². The summed E-state index contributed by atoms with van der Waals surface area (Å²) in [6.07, 6.45) is 6.43. The monoisotopic (exact) mass is 233 g/mol. The van der Waals surface area contributed by atoms with E-state index >= 15 is 0 Å². The smallest absolute Gasteiger partial charge is 0.0969 e. The first kappa shape index (κ1) is 14.9. The van der Waals surface area contributed by atoms with E-state index in [0.29, 0.717) is 6.10 Å². The van der Waals surface area contributed by atoms with Crippen molar-refractivity contribution in [3.8, 4) is 0 Å². The lowest BCUT2D eigenvalue weighted by molar-refractivity contribution is -0.904. The third-order valence-electron chi connectivity index (χ3n) is 3.01. The Kier molecular flexibility index (Phi) is 7.24. The van der Waals surface area contributed by atoms with Gasteiger partial charge in [0.1, 0.15) is 0 Å². The van der Waals surface area contributed by atoms with Gasteiger partial charge in [0, 0.05) is 6.42 Å². The highest BCUT2D eigenvalue weighted by atomic mass is 35.5. The number of rotatable bonds is 8. The Labute approximate surface area is 100 Å². The number of hydrogen-bond donors (Lipinski definition) is 0. The van der Waals surface area contributed by atoms with Crippen LogP contribution in [0.5, 0.6) is 0 Å². The van der Waals surface area contributed by atoms with Gasteiger partial charge in [-0.2, -0.15) is 0 Å². The van der Waals surface area contributed by atoms with Crippen LogP contribution in [0.2, 0.25) is 0 Å². The molecule has 0 radical (unpaired) electrons. The minimum absolute atomic E-state index is 0. The summed E-state index contributed by atoms with van der Waals surface area (Å²) in [6, 6.07) is 0. The van der Waals surface area contributed by atoms with Crippen molar-refractivity contribution < 1.29 is 21.6 Å². The second kappa shape index (κ2) is 7.26. The SMILES string of the molecule is C=CC[N+](C)(CCCC)CCC1CO1.[Cl-]. The maximum absolute atomic E-state index is 5.25. The van der Waals surface area contributed by atoms with E-state index in [2.05, 4.69) is 20.6 Å². The lowest BCUT2D eigenvalue weighted by Gasteiger charge is -2.33.